The molecule has 3 nitrogen and oxygen atoms in total. The predicted octanol–water partition coefficient (Wildman–Crippen LogP) is 5.27. The Bertz CT molecular complexity index is 824. The number of benzene rings is 2. The maximum Gasteiger partial charge on any atom is 0.416 e. The molecule has 3 aromatic rings. The summed E-state index contributed by atoms with van der Waals surface area (Å²) in [6, 6.07) is 14.5. The van der Waals surface area contributed by atoms with E-state index in [-0.39, 0.29) is 0 Å². The lowest BCUT2D eigenvalue weighted by Gasteiger charge is -2.05. The SMILES string of the molecule is FC(F)(F)c1ccc(/C=N\Nc2nc(-c3ccccc3)cs2)cc1. The average Bonchev–Trinajstić information content (AvgIpc) is 3.04. The highest BCUT2D eigenvalue weighted by Crippen LogP contribution is 2.29. The van der Waals surface area contributed by atoms with Gasteiger partial charge in [-0.2, -0.15) is 18.3 Å². The summed E-state index contributed by atoms with van der Waals surface area (Å²) in [5.41, 5.74) is 4.52. The molecule has 0 unspecified atom stereocenters. The highest BCUT2D eigenvalue weighted by Gasteiger charge is 2.29. The molecule has 1 aromatic heterocycles. The number of anilines is 1. The fourth-order valence-corrected chi connectivity index (χ4v) is 2.66. The fraction of sp³-hybridized carbons (Fsp3) is 0.0588. The predicted molar refractivity (Wildman–Crippen MR) is 90.2 cm³/mol. The van der Waals surface area contributed by atoms with E-state index in [1.54, 1.807) is 0 Å². The summed E-state index contributed by atoms with van der Waals surface area (Å²) in [6.45, 7) is 0. The standard InChI is InChI=1S/C17H12F3N3S/c18-17(19,20)14-8-6-12(7-9-14)10-21-23-16-22-15(11-24-16)13-4-2-1-3-5-13/h1-11H,(H,22,23)/b21-10-. The molecule has 0 aliphatic heterocycles. The number of halogens is 3. The van der Waals surface area contributed by atoms with Gasteiger partial charge < -0.3 is 0 Å². The van der Waals surface area contributed by atoms with Crippen molar-refractivity contribution in [1.29, 1.82) is 0 Å². The average molecular weight is 347 g/mol. The van der Waals surface area contributed by atoms with Crippen molar-refractivity contribution in [3.05, 3.63) is 71.1 Å². The highest BCUT2D eigenvalue weighted by molar-refractivity contribution is 7.14. The number of alkyl halides is 3. The third kappa shape index (κ3) is 3.99. The molecule has 1 N–H and O–H groups in total. The Morgan fingerprint density at radius 3 is 2.38 bits per heavy atom. The van der Waals surface area contributed by atoms with Crippen LogP contribution in [0.15, 0.2) is 65.1 Å². The van der Waals surface area contributed by atoms with Crippen molar-refractivity contribution < 1.29 is 13.2 Å². The normalized spacial score (nSPS) is 11.8. The smallest absolute Gasteiger partial charge is 0.253 e. The number of rotatable bonds is 4. The van der Waals surface area contributed by atoms with Crippen molar-refractivity contribution in [2.24, 2.45) is 5.10 Å². The molecule has 122 valence electrons. The van der Waals surface area contributed by atoms with E-state index in [9.17, 15) is 13.2 Å². The van der Waals surface area contributed by atoms with Crippen molar-refractivity contribution in [3.8, 4) is 11.3 Å². The van der Waals surface area contributed by atoms with Gasteiger partial charge in [0, 0.05) is 10.9 Å². The molecular weight excluding hydrogens is 335 g/mol. The number of thiazole rings is 1. The number of hydrogen-bond acceptors (Lipinski definition) is 4. The van der Waals surface area contributed by atoms with E-state index < -0.39 is 11.7 Å². The zero-order valence-corrected chi connectivity index (χ0v) is 13.1. The van der Waals surface area contributed by atoms with Crippen LogP contribution < -0.4 is 5.43 Å². The summed E-state index contributed by atoms with van der Waals surface area (Å²) in [4.78, 5) is 4.40. The molecule has 0 bridgehead atoms. The molecule has 0 amide bonds. The summed E-state index contributed by atoms with van der Waals surface area (Å²) < 4.78 is 37.4. The lowest BCUT2D eigenvalue weighted by atomic mass is 10.1. The first-order valence-electron chi connectivity index (χ1n) is 7.00. The minimum Gasteiger partial charge on any atom is -0.253 e. The number of hydrogen-bond donors (Lipinski definition) is 1. The lowest BCUT2D eigenvalue weighted by molar-refractivity contribution is -0.137. The molecule has 24 heavy (non-hydrogen) atoms. The van der Waals surface area contributed by atoms with Crippen LogP contribution in [0.2, 0.25) is 0 Å². The van der Waals surface area contributed by atoms with Crippen molar-refractivity contribution in [1.82, 2.24) is 4.98 Å². The number of aromatic nitrogens is 1. The first kappa shape index (κ1) is 16.2. The summed E-state index contributed by atoms with van der Waals surface area (Å²) in [5.74, 6) is 0. The van der Waals surface area contributed by atoms with Gasteiger partial charge in [0.2, 0.25) is 5.13 Å². The maximum atomic E-state index is 12.5. The molecule has 3 rings (SSSR count). The van der Waals surface area contributed by atoms with Gasteiger partial charge in [0.1, 0.15) is 0 Å². The van der Waals surface area contributed by atoms with Crippen LogP contribution in [0.4, 0.5) is 18.3 Å². The van der Waals surface area contributed by atoms with Gasteiger partial charge in [0.15, 0.2) is 0 Å². The monoisotopic (exact) mass is 347 g/mol. The Hall–Kier alpha value is -2.67. The Morgan fingerprint density at radius 1 is 1.00 bits per heavy atom. The van der Waals surface area contributed by atoms with E-state index in [1.807, 2.05) is 35.7 Å². The van der Waals surface area contributed by atoms with E-state index >= 15 is 0 Å². The quantitative estimate of drug-likeness (QED) is 0.515. The second-order valence-electron chi connectivity index (χ2n) is 4.89. The van der Waals surface area contributed by atoms with Gasteiger partial charge in [-0.05, 0) is 17.7 Å². The van der Waals surface area contributed by atoms with Crippen molar-refractivity contribution in [2.45, 2.75) is 6.18 Å². The van der Waals surface area contributed by atoms with Crippen LogP contribution in [0.25, 0.3) is 11.3 Å². The topological polar surface area (TPSA) is 37.3 Å². The maximum absolute atomic E-state index is 12.5. The van der Waals surface area contributed by atoms with E-state index in [4.69, 9.17) is 0 Å². The summed E-state index contributed by atoms with van der Waals surface area (Å²) >= 11 is 1.40. The third-order valence-electron chi connectivity index (χ3n) is 3.19. The second-order valence-corrected chi connectivity index (χ2v) is 5.75. The first-order chi connectivity index (χ1) is 11.5. The second kappa shape index (κ2) is 6.84. The Balaban J connectivity index is 1.64. The molecule has 0 atom stereocenters. The van der Waals surface area contributed by atoms with Crippen LogP contribution >= 0.6 is 11.3 Å². The first-order valence-corrected chi connectivity index (χ1v) is 7.87. The van der Waals surface area contributed by atoms with E-state index in [1.165, 1.54) is 29.7 Å². The largest absolute Gasteiger partial charge is 0.416 e. The van der Waals surface area contributed by atoms with Gasteiger partial charge in [0.05, 0.1) is 17.5 Å². The molecule has 0 spiro atoms. The van der Waals surface area contributed by atoms with Crippen molar-refractivity contribution in [3.63, 3.8) is 0 Å². The minimum absolute atomic E-state index is 0.565. The molecule has 0 fully saturated rings. The summed E-state index contributed by atoms with van der Waals surface area (Å²) in [7, 11) is 0. The summed E-state index contributed by atoms with van der Waals surface area (Å²) in [6.07, 6.45) is -2.88. The van der Waals surface area contributed by atoms with Crippen molar-refractivity contribution >= 4 is 22.7 Å². The van der Waals surface area contributed by atoms with Crippen LogP contribution in [0.3, 0.4) is 0 Å². The van der Waals surface area contributed by atoms with Gasteiger partial charge in [-0.3, -0.25) is 5.43 Å². The highest BCUT2D eigenvalue weighted by atomic mass is 32.1. The molecule has 1 heterocycles. The zero-order chi connectivity index (χ0) is 17.0. The Morgan fingerprint density at radius 2 is 1.71 bits per heavy atom. The van der Waals surface area contributed by atoms with Crippen LogP contribution in [0, 0.1) is 0 Å². The number of hydrazone groups is 1. The van der Waals surface area contributed by atoms with Crippen molar-refractivity contribution in [2.75, 3.05) is 5.43 Å². The number of nitrogens with one attached hydrogen (secondary N) is 1. The van der Waals surface area contributed by atoms with Crippen LogP contribution in [0.5, 0.6) is 0 Å². The third-order valence-corrected chi connectivity index (χ3v) is 3.93. The Labute approximate surface area is 140 Å². The van der Waals surface area contributed by atoms with E-state index in [0.29, 0.717) is 10.7 Å². The minimum atomic E-state index is -4.33. The molecule has 0 aliphatic carbocycles. The lowest BCUT2D eigenvalue weighted by Crippen LogP contribution is -2.04. The molecule has 0 aliphatic rings. The van der Waals surface area contributed by atoms with Gasteiger partial charge in [-0.15, -0.1) is 11.3 Å². The fourth-order valence-electron chi connectivity index (χ4n) is 1.99. The molecule has 0 saturated carbocycles. The zero-order valence-electron chi connectivity index (χ0n) is 12.3. The van der Waals surface area contributed by atoms with Gasteiger partial charge in [-0.25, -0.2) is 4.98 Å². The van der Waals surface area contributed by atoms with Gasteiger partial charge in [-0.1, -0.05) is 42.5 Å². The van der Waals surface area contributed by atoms with Crippen LogP contribution in [-0.4, -0.2) is 11.2 Å². The van der Waals surface area contributed by atoms with E-state index in [0.717, 1.165) is 23.4 Å². The van der Waals surface area contributed by atoms with Gasteiger partial charge >= 0.3 is 6.18 Å². The molecule has 0 saturated heterocycles. The van der Waals surface area contributed by atoms with Gasteiger partial charge in [0.25, 0.3) is 0 Å². The molecule has 2 aromatic carbocycles. The van der Waals surface area contributed by atoms with E-state index in [2.05, 4.69) is 15.5 Å². The van der Waals surface area contributed by atoms with Crippen LogP contribution in [-0.2, 0) is 6.18 Å². The molecule has 0 radical (unpaired) electrons. The van der Waals surface area contributed by atoms with Crippen LogP contribution in [0.1, 0.15) is 11.1 Å². The summed E-state index contributed by atoms with van der Waals surface area (Å²) in [5, 5.41) is 6.52. The molecular formula is C17H12F3N3S. The molecule has 7 heteroatoms. The number of nitrogens with zero attached hydrogens (tertiary/aromatic N) is 2. The Kier molecular flexibility index (Phi) is 4.61.